The van der Waals surface area contributed by atoms with Gasteiger partial charge in [-0.1, -0.05) is 6.92 Å². The van der Waals surface area contributed by atoms with Crippen molar-refractivity contribution in [1.82, 2.24) is 25.5 Å². The monoisotopic (exact) mass is 237 g/mol. The van der Waals surface area contributed by atoms with Gasteiger partial charge in [0.1, 0.15) is 0 Å². The largest absolute Gasteiger partial charge is 0.317 e. The summed E-state index contributed by atoms with van der Waals surface area (Å²) in [6.45, 7) is 10.7. The minimum Gasteiger partial charge on any atom is -0.317 e. The van der Waals surface area contributed by atoms with Crippen LogP contribution in [-0.2, 0) is 5.54 Å². The van der Waals surface area contributed by atoms with E-state index in [-0.39, 0.29) is 5.54 Å². The zero-order valence-corrected chi connectivity index (χ0v) is 11.3. The Morgan fingerprint density at radius 1 is 1.29 bits per heavy atom. The van der Waals surface area contributed by atoms with Crippen LogP contribution >= 0.6 is 0 Å². The Labute approximate surface area is 103 Å². The van der Waals surface area contributed by atoms with Gasteiger partial charge in [0, 0.05) is 5.92 Å². The highest BCUT2D eigenvalue weighted by Gasteiger charge is 2.26. The fourth-order valence-corrected chi connectivity index (χ4v) is 2.25. The summed E-state index contributed by atoms with van der Waals surface area (Å²) < 4.78 is 0. The molecule has 1 atom stereocenters. The van der Waals surface area contributed by atoms with E-state index >= 15 is 0 Å². The molecular formula is C12H23N5. The number of hydrogen-bond acceptors (Lipinski definition) is 4. The third kappa shape index (κ3) is 2.83. The normalized spacial score (nSPS) is 20.5. The van der Waals surface area contributed by atoms with Gasteiger partial charge in [0.05, 0.1) is 5.54 Å². The van der Waals surface area contributed by atoms with Gasteiger partial charge in [-0.2, -0.15) is 4.80 Å². The standard InChI is InChI=1S/C12H23N5/c1-9(10-5-7-13-8-6-10)11-14-16-17(15-11)12(2,3)4/h9-10,13H,5-8H2,1-4H3. The van der Waals surface area contributed by atoms with Gasteiger partial charge in [-0.15, -0.1) is 10.2 Å². The summed E-state index contributed by atoms with van der Waals surface area (Å²) in [5.74, 6) is 1.99. The number of aromatic nitrogens is 4. The molecule has 17 heavy (non-hydrogen) atoms. The summed E-state index contributed by atoms with van der Waals surface area (Å²) >= 11 is 0. The summed E-state index contributed by atoms with van der Waals surface area (Å²) in [4.78, 5) is 1.72. The van der Waals surface area contributed by atoms with Crippen LogP contribution in [0.5, 0.6) is 0 Å². The minimum absolute atomic E-state index is 0.0842. The van der Waals surface area contributed by atoms with E-state index < -0.39 is 0 Å². The molecule has 1 saturated heterocycles. The molecule has 1 aliphatic rings. The van der Waals surface area contributed by atoms with Gasteiger partial charge in [-0.3, -0.25) is 0 Å². The van der Waals surface area contributed by atoms with Crippen molar-refractivity contribution < 1.29 is 0 Å². The average molecular weight is 237 g/mol. The lowest BCUT2D eigenvalue weighted by molar-refractivity contribution is 0.298. The number of rotatable bonds is 2. The molecule has 0 bridgehead atoms. The van der Waals surface area contributed by atoms with Crippen LogP contribution in [0.3, 0.4) is 0 Å². The van der Waals surface area contributed by atoms with E-state index in [0.29, 0.717) is 11.8 Å². The van der Waals surface area contributed by atoms with Crippen molar-refractivity contribution in [3.05, 3.63) is 5.82 Å². The molecule has 1 aromatic rings. The van der Waals surface area contributed by atoms with Crippen molar-refractivity contribution in [2.45, 2.75) is 52.0 Å². The first kappa shape index (κ1) is 12.5. The lowest BCUT2D eigenvalue weighted by atomic mass is 9.86. The maximum Gasteiger partial charge on any atom is 0.177 e. The molecule has 96 valence electrons. The van der Waals surface area contributed by atoms with Gasteiger partial charge in [0.25, 0.3) is 0 Å². The number of nitrogens with zero attached hydrogens (tertiary/aromatic N) is 4. The van der Waals surface area contributed by atoms with Gasteiger partial charge in [-0.25, -0.2) is 0 Å². The first-order valence-electron chi connectivity index (χ1n) is 6.49. The molecule has 5 heteroatoms. The Balaban J connectivity index is 2.08. The Kier molecular flexibility index (Phi) is 3.47. The van der Waals surface area contributed by atoms with E-state index in [1.54, 1.807) is 4.80 Å². The number of piperidine rings is 1. The number of hydrogen-bond donors (Lipinski definition) is 1. The van der Waals surface area contributed by atoms with E-state index in [2.05, 4.69) is 48.4 Å². The zero-order chi connectivity index (χ0) is 12.5. The first-order valence-corrected chi connectivity index (χ1v) is 6.49. The minimum atomic E-state index is -0.0842. The highest BCUT2D eigenvalue weighted by atomic mass is 15.6. The summed E-state index contributed by atoms with van der Waals surface area (Å²) in [6.07, 6.45) is 2.43. The first-order chi connectivity index (χ1) is 7.98. The predicted octanol–water partition coefficient (Wildman–Crippen LogP) is 1.53. The predicted molar refractivity (Wildman–Crippen MR) is 66.8 cm³/mol. The van der Waals surface area contributed by atoms with Gasteiger partial charge >= 0.3 is 0 Å². The van der Waals surface area contributed by atoms with Crippen molar-refractivity contribution in [3.63, 3.8) is 0 Å². The fraction of sp³-hybridized carbons (Fsp3) is 0.917. The van der Waals surface area contributed by atoms with Crippen LogP contribution < -0.4 is 5.32 Å². The Morgan fingerprint density at radius 2 is 1.94 bits per heavy atom. The topological polar surface area (TPSA) is 55.6 Å². The molecule has 5 nitrogen and oxygen atoms in total. The van der Waals surface area contributed by atoms with Crippen molar-refractivity contribution in [1.29, 1.82) is 0 Å². The van der Waals surface area contributed by atoms with Crippen molar-refractivity contribution in [2.75, 3.05) is 13.1 Å². The third-order valence-electron chi connectivity index (χ3n) is 3.53. The van der Waals surface area contributed by atoms with Crippen molar-refractivity contribution in [2.24, 2.45) is 5.92 Å². The Bertz CT molecular complexity index is 359. The molecule has 0 amide bonds. The van der Waals surface area contributed by atoms with Crippen LogP contribution in [0, 0.1) is 5.92 Å². The summed E-state index contributed by atoms with van der Waals surface area (Å²) in [6, 6.07) is 0. The molecular weight excluding hydrogens is 214 g/mol. The van der Waals surface area contributed by atoms with E-state index in [4.69, 9.17) is 0 Å². The fourth-order valence-electron chi connectivity index (χ4n) is 2.25. The van der Waals surface area contributed by atoms with Gasteiger partial charge in [0.2, 0.25) is 0 Å². The Hall–Kier alpha value is -0.970. The smallest absolute Gasteiger partial charge is 0.177 e. The molecule has 1 unspecified atom stereocenters. The van der Waals surface area contributed by atoms with Crippen LogP contribution in [0.25, 0.3) is 0 Å². The number of tetrazole rings is 1. The molecule has 2 rings (SSSR count). The van der Waals surface area contributed by atoms with Crippen LogP contribution in [0.4, 0.5) is 0 Å². The Morgan fingerprint density at radius 3 is 2.47 bits per heavy atom. The van der Waals surface area contributed by atoms with Crippen LogP contribution in [-0.4, -0.2) is 33.3 Å². The lowest BCUT2D eigenvalue weighted by Gasteiger charge is -2.26. The molecule has 1 N–H and O–H groups in total. The summed E-state index contributed by atoms with van der Waals surface area (Å²) in [5, 5.41) is 16.3. The SMILES string of the molecule is CC(c1nnn(C(C)(C)C)n1)C1CCNCC1. The third-order valence-corrected chi connectivity index (χ3v) is 3.53. The molecule has 1 fully saturated rings. The molecule has 1 aliphatic heterocycles. The average Bonchev–Trinajstić information content (AvgIpc) is 2.78. The van der Waals surface area contributed by atoms with Gasteiger partial charge < -0.3 is 5.32 Å². The second-order valence-electron chi connectivity index (χ2n) is 5.98. The maximum absolute atomic E-state index is 4.53. The van der Waals surface area contributed by atoms with Crippen molar-refractivity contribution in [3.8, 4) is 0 Å². The van der Waals surface area contributed by atoms with Crippen molar-refractivity contribution >= 4 is 0 Å². The molecule has 0 aliphatic carbocycles. The van der Waals surface area contributed by atoms with E-state index in [0.717, 1.165) is 18.9 Å². The van der Waals surface area contributed by atoms with Crippen LogP contribution in [0.2, 0.25) is 0 Å². The molecule has 0 radical (unpaired) electrons. The van der Waals surface area contributed by atoms with E-state index in [1.165, 1.54) is 12.8 Å². The summed E-state index contributed by atoms with van der Waals surface area (Å²) in [5.41, 5.74) is -0.0842. The van der Waals surface area contributed by atoms with Crippen LogP contribution in [0.1, 0.15) is 52.3 Å². The van der Waals surface area contributed by atoms with E-state index in [1.807, 2.05) is 0 Å². The summed E-state index contributed by atoms with van der Waals surface area (Å²) in [7, 11) is 0. The van der Waals surface area contributed by atoms with Crippen LogP contribution in [0.15, 0.2) is 0 Å². The highest BCUT2D eigenvalue weighted by molar-refractivity contribution is 4.94. The van der Waals surface area contributed by atoms with E-state index in [9.17, 15) is 0 Å². The highest BCUT2D eigenvalue weighted by Crippen LogP contribution is 2.28. The van der Waals surface area contributed by atoms with Gasteiger partial charge in [-0.05, 0) is 57.8 Å². The molecule has 0 spiro atoms. The van der Waals surface area contributed by atoms with Gasteiger partial charge in [0.15, 0.2) is 5.82 Å². The molecule has 0 saturated carbocycles. The number of nitrogens with one attached hydrogen (secondary N) is 1. The lowest BCUT2D eigenvalue weighted by Crippen LogP contribution is -2.30. The zero-order valence-electron chi connectivity index (χ0n) is 11.3. The maximum atomic E-state index is 4.53. The second kappa shape index (κ2) is 4.72. The molecule has 2 heterocycles. The molecule has 0 aromatic carbocycles. The quantitative estimate of drug-likeness (QED) is 0.847. The second-order valence-corrected chi connectivity index (χ2v) is 5.98. The molecule has 1 aromatic heterocycles.